The van der Waals surface area contributed by atoms with Gasteiger partial charge in [-0.05, 0) is 63.8 Å². The van der Waals surface area contributed by atoms with Crippen LogP contribution in [0, 0.1) is 0 Å². The van der Waals surface area contributed by atoms with Gasteiger partial charge in [0.1, 0.15) is 6.10 Å². The minimum Gasteiger partial charge on any atom is -0.459 e. The second kappa shape index (κ2) is 8.71. The van der Waals surface area contributed by atoms with Crippen LogP contribution in [0.15, 0.2) is 29.2 Å². The number of hydrogen-bond donors (Lipinski definition) is 0. The number of nitrogens with zero attached hydrogens (tertiary/aromatic N) is 1. The molecular weight excluding hydrogens is 366 g/mol. The molecule has 0 amide bonds. The number of rotatable bonds is 4. The summed E-state index contributed by atoms with van der Waals surface area (Å²) in [7, 11) is -3.60. The summed E-state index contributed by atoms with van der Waals surface area (Å²) < 4.78 is 38.4. The van der Waals surface area contributed by atoms with Crippen LogP contribution in [0.3, 0.4) is 0 Å². The molecule has 2 fully saturated rings. The molecule has 1 aromatic carbocycles. The zero-order valence-electron chi connectivity index (χ0n) is 16.1. The quantitative estimate of drug-likeness (QED) is 0.577. The molecule has 1 aliphatic heterocycles. The van der Waals surface area contributed by atoms with Crippen molar-refractivity contribution in [2.24, 2.45) is 0 Å². The van der Waals surface area contributed by atoms with E-state index < -0.39 is 10.0 Å². The molecule has 0 aromatic heterocycles. The Morgan fingerprint density at radius 1 is 1.00 bits per heavy atom. The van der Waals surface area contributed by atoms with Crippen molar-refractivity contribution in [3.8, 4) is 0 Å². The van der Waals surface area contributed by atoms with E-state index in [0.717, 1.165) is 25.7 Å². The first-order valence-electron chi connectivity index (χ1n) is 9.83. The lowest BCUT2D eigenvalue weighted by Gasteiger charge is -2.34. The van der Waals surface area contributed by atoms with E-state index in [9.17, 15) is 13.2 Å². The van der Waals surface area contributed by atoms with Crippen molar-refractivity contribution in [2.45, 2.75) is 75.6 Å². The Morgan fingerprint density at radius 3 is 2.11 bits per heavy atom. The van der Waals surface area contributed by atoms with Gasteiger partial charge in [-0.25, -0.2) is 13.2 Å². The highest BCUT2D eigenvalue weighted by molar-refractivity contribution is 7.89. The van der Waals surface area contributed by atoms with Gasteiger partial charge in [-0.2, -0.15) is 4.31 Å². The Bertz CT molecular complexity index is 728. The minimum absolute atomic E-state index is 0.0280. The molecule has 0 N–H and O–H groups in total. The van der Waals surface area contributed by atoms with Gasteiger partial charge in [-0.15, -0.1) is 0 Å². The number of carbonyl (C=O) groups is 1. The molecule has 2 aliphatic rings. The molecule has 150 valence electrons. The molecule has 0 unspecified atom stereocenters. The lowest BCUT2D eigenvalue weighted by Crippen LogP contribution is -2.48. The normalized spacial score (nSPS) is 25.7. The van der Waals surface area contributed by atoms with E-state index in [1.165, 1.54) is 29.3 Å². The van der Waals surface area contributed by atoms with E-state index in [2.05, 4.69) is 0 Å². The zero-order chi connectivity index (χ0) is 19.4. The van der Waals surface area contributed by atoms with Gasteiger partial charge in [0.25, 0.3) is 0 Å². The van der Waals surface area contributed by atoms with Crippen LogP contribution in [-0.4, -0.2) is 50.1 Å². The number of sulfonamides is 1. The number of ether oxygens (including phenoxy) is 2. The van der Waals surface area contributed by atoms with Crippen molar-refractivity contribution in [1.29, 1.82) is 0 Å². The number of benzene rings is 1. The predicted molar refractivity (Wildman–Crippen MR) is 102 cm³/mol. The van der Waals surface area contributed by atoms with Crippen molar-refractivity contribution in [1.82, 2.24) is 4.31 Å². The lowest BCUT2D eigenvalue weighted by molar-refractivity contribution is -0.0440. The fourth-order valence-electron chi connectivity index (χ4n) is 3.82. The number of carbonyl (C=O) groups excluding carboxylic acids is 1. The maximum absolute atomic E-state index is 12.9. The second-order valence-electron chi connectivity index (χ2n) is 7.62. The lowest BCUT2D eigenvalue weighted by atomic mass is 10.1. The van der Waals surface area contributed by atoms with Crippen LogP contribution in [0.4, 0.5) is 0 Å². The van der Waals surface area contributed by atoms with E-state index in [1.54, 1.807) is 12.1 Å². The number of hydrogen-bond acceptors (Lipinski definition) is 5. The fourth-order valence-corrected chi connectivity index (χ4v) is 5.41. The smallest absolute Gasteiger partial charge is 0.338 e. The van der Waals surface area contributed by atoms with Gasteiger partial charge in [0.2, 0.25) is 10.0 Å². The SMILES string of the molecule is C[C@H]1CN(S(=O)(=O)c2ccc(C(=O)OC3CCCCCC3)cc2)C[C@H](C)O1. The third-order valence-electron chi connectivity index (χ3n) is 5.19. The molecule has 3 rings (SSSR count). The average molecular weight is 396 g/mol. The van der Waals surface area contributed by atoms with Crippen molar-refractivity contribution < 1.29 is 22.7 Å². The van der Waals surface area contributed by atoms with Gasteiger partial charge in [0.05, 0.1) is 22.7 Å². The van der Waals surface area contributed by atoms with Crippen molar-refractivity contribution in [3.63, 3.8) is 0 Å². The molecule has 1 saturated heterocycles. The molecule has 0 radical (unpaired) electrons. The van der Waals surface area contributed by atoms with Crippen molar-refractivity contribution in [3.05, 3.63) is 29.8 Å². The van der Waals surface area contributed by atoms with E-state index in [4.69, 9.17) is 9.47 Å². The Labute approximate surface area is 161 Å². The summed E-state index contributed by atoms with van der Waals surface area (Å²) in [6.07, 6.45) is 6.07. The predicted octanol–water partition coefficient (Wildman–Crippen LogP) is 3.36. The van der Waals surface area contributed by atoms with Crippen LogP contribution in [-0.2, 0) is 19.5 Å². The summed E-state index contributed by atoms with van der Waals surface area (Å²) in [5.74, 6) is -0.375. The highest BCUT2D eigenvalue weighted by Crippen LogP contribution is 2.23. The molecule has 1 heterocycles. The molecule has 2 atom stereocenters. The van der Waals surface area contributed by atoms with E-state index in [0.29, 0.717) is 18.7 Å². The van der Waals surface area contributed by atoms with Crippen LogP contribution in [0.5, 0.6) is 0 Å². The minimum atomic E-state index is -3.60. The summed E-state index contributed by atoms with van der Waals surface area (Å²) in [5.41, 5.74) is 0.391. The molecule has 0 bridgehead atoms. The van der Waals surface area contributed by atoms with Crippen molar-refractivity contribution in [2.75, 3.05) is 13.1 Å². The molecule has 1 aliphatic carbocycles. The van der Waals surface area contributed by atoms with E-state index >= 15 is 0 Å². The Balaban J connectivity index is 1.67. The highest BCUT2D eigenvalue weighted by Gasteiger charge is 2.32. The molecule has 1 aromatic rings. The van der Waals surface area contributed by atoms with Gasteiger partial charge in [0, 0.05) is 13.1 Å². The third-order valence-corrected chi connectivity index (χ3v) is 7.04. The van der Waals surface area contributed by atoms with Crippen LogP contribution in [0.25, 0.3) is 0 Å². The first-order valence-corrected chi connectivity index (χ1v) is 11.3. The first kappa shape index (κ1) is 20.3. The molecule has 0 spiro atoms. The van der Waals surface area contributed by atoms with Gasteiger partial charge in [-0.3, -0.25) is 0 Å². The topological polar surface area (TPSA) is 72.9 Å². The summed E-state index contributed by atoms with van der Waals surface area (Å²) in [5, 5.41) is 0. The second-order valence-corrected chi connectivity index (χ2v) is 9.56. The molecule has 27 heavy (non-hydrogen) atoms. The van der Waals surface area contributed by atoms with Crippen LogP contribution >= 0.6 is 0 Å². The highest BCUT2D eigenvalue weighted by atomic mass is 32.2. The first-order chi connectivity index (χ1) is 12.9. The van der Waals surface area contributed by atoms with Gasteiger partial charge >= 0.3 is 5.97 Å². The van der Waals surface area contributed by atoms with Crippen molar-refractivity contribution >= 4 is 16.0 Å². The third kappa shape index (κ3) is 5.09. The van der Waals surface area contributed by atoms with Gasteiger partial charge in [-0.1, -0.05) is 12.8 Å². The maximum Gasteiger partial charge on any atom is 0.338 e. The Kier molecular flexibility index (Phi) is 6.55. The molecule has 1 saturated carbocycles. The number of morpholine rings is 1. The molecular formula is C20H29NO5S. The Morgan fingerprint density at radius 2 is 1.56 bits per heavy atom. The number of esters is 1. The van der Waals surface area contributed by atoms with E-state index in [-0.39, 0.29) is 29.2 Å². The van der Waals surface area contributed by atoms with Gasteiger partial charge < -0.3 is 9.47 Å². The van der Waals surface area contributed by atoms with Crippen LogP contribution < -0.4 is 0 Å². The monoisotopic (exact) mass is 395 g/mol. The maximum atomic E-state index is 12.9. The zero-order valence-corrected chi connectivity index (χ0v) is 16.9. The van der Waals surface area contributed by atoms with Crippen LogP contribution in [0.2, 0.25) is 0 Å². The van der Waals surface area contributed by atoms with Gasteiger partial charge in [0.15, 0.2) is 0 Å². The summed E-state index contributed by atoms with van der Waals surface area (Å²) >= 11 is 0. The molecule has 7 heteroatoms. The summed E-state index contributed by atoms with van der Waals surface area (Å²) in [6.45, 7) is 4.39. The largest absolute Gasteiger partial charge is 0.459 e. The summed E-state index contributed by atoms with van der Waals surface area (Å²) in [4.78, 5) is 12.6. The average Bonchev–Trinajstić information content (AvgIpc) is 2.89. The Hall–Kier alpha value is -1.44. The molecule has 6 nitrogen and oxygen atoms in total. The fraction of sp³-hybridized carbons (Fsp3) is 0.650. The van der Waals surface area contributed by atoms with Crippen LogP contribution in [0.1, 0.15) is 62.7 Å². The van der Waals surface area contributed by atoms with E-state index in [1.807, 2.05) is 13.8 Å². The standard InChI is InChI=1S/C20H29NO5S/c1-15-13-21(14-16(2)25-15)27(23,24)19-11-9-17(10-12-19)20(22)26-18-7-5-3-4-6-8-18/h9-12,15-16,18H,3-8,13-14H2,1-2H3/t15-,16-/m0/s1. The summed E-state index contributed by atoms with van der Waals surface area (Å²) in [6, 6.07) is 6.06.